The Kier molecular flexibility index (Phi) is 8.39. The third kappa shape index (κ3) is 5.88. The van der Waals surface area contributed by atoms with Gasteiger partial charge in [0.25, 0.3) is 0 Å². The Bertz CT molecular complexity index is 526. The topological polar surface area (TPSA) is 58.2 Å². The zero-order valence-corrected chi connectivity index (χ0v) is 14.8. The summed E-state index contributed by atoms with van der Waals surface area (Å²) in [5.74, 6) is 0.591. The quantitative estimate of drug-likeness (QED) is 0.798. The first-order chi connectivity index (χ1) is 10.1. The van der Waals surface area contributed by atoms with Crippen LogP contribution in [0.4, 0.5) is 0 Å². The maximum Gasteiger partial charge on any atom is 0.240 e. The number of aryl methyl sites for hydroxylation is 1. The average Bonchev–Trinajstić information content (AvgIpc) is 2.49. The predicted octanol–water partition coefficient (Wildman–Crippen LogP) is 2.73. The van der Waals surface area contributed by atoms with Gasteiger partial charge in [-0.05, 0) is 62.4 Å². The van der Waals surface area contributed by atoms with E-state index in [1.165, 1.54) is 18.4 Å². The lowest BCUT2D eigenvalue weighted by Gasteiger charge is -2.22. The zero-order chi connectivity index (χ0) is 15.1. The van der Waals surface area contributed by atoms with E-state index in [2.05, 4.69) is 17.0 Å². The molecule has 4 nitrogen and oxygen atoms in total. The number of nitrogens with one attached hydrogen (secondary N) is 2. The highest BCUT2D eigenvalue weighted by Gasteiger charge is 2.16. The van der Waals surface area contributed by atoms with E-state index < -0.39 is 10.0 Å². The number of halogens is 1. The predicted molar refractivity (Wildman–Crippen MR) is 93.1 cm³/mol. The number of sulfonamides is 1. The molecule has 0 aliphatic carbocycles. The van der Waals surface area contributed by atoms with E-state index in [1.807, 2.05) is 12.1 Å². The Morgan fingerprint density at radius 1 is 1.27 bits per heavy atom. The van der Waals surface area contributed by atoms with Crippen LogP contribution in [-0.4, -0.2) is 28.1 Å². The second-order valence-electron chi connectivity index (χ2n) is 5.79. The van der Waals surface area contributed by atoms with Gasteiger partial charge in [-0.1, -0.05) is 25.5 Å². The lowest BCUT2D eigenvalue weighted by Crippen LogP contribution is -2.33. The van der Waals surface area contributed by atoms with Gasteiger partial charge in [0.05, 0.1) is 4.90 Å². The molecule has 0 saturated carbocycles. The van der Waals surface area contributed by atoms with Crippen LogP contribution in [0.5, 0.6) is 0 Å². The van der Waals surface area contributed by atoms with Crippen molar-refractivity contribution in [2.45, 2.75) is 43.9 Å². The Labute approximate surface area is 140 Å². The van der Waals surface area contributed by atoms with Crippen molar-refractivity contribution < 1.29 is 8.42 Å². The molecule has 1 aromatic rings. The molecule has 1 unspecified atom stereocenters. The fraction of sp³-hybridized carbons (Fsp3) is 0.625. The van der Waals surface area contributed by atoms with Crippen molar-refractivity contribution in [1.82, 2.24) is 10.0 Å². The van der Waals surface area contributed by atoms with E-state index in [0.29, 0.717) is 17.4 Å². The van der Waals surface area contributed by atoms with Crippen molar-refractivity contribution in [3.05, 3.63) is 29.8 Å². The Hall–Kier alpha value is -0.620. The van der Waals surface area contributed by atoms with E-state index >= 15 is 0 Å². The van der Waals surface area contributed by atoms with Crippen LogP contribution in [0, 0.1) is 5.92 Å². The van der Waals surface area contributed by atoms with Crippen molar-refractivity contribution >= 4 is 22.4 Å². The van der Waals surface area contributed by atoms with Crippen molar-refractivity contribution in [3.63, 3.8) is 0 Å². The summed E-state index contributed by atoms with van der Waals surface area (Å²) in [6, 6.07) is 7.22. The summed E-state index contributed by atoms with van der Waals surface area (Å²) in [6.07, 6.45) is 5.35. The van der Waals surface area contributed by atoms with E-state index in [0.717, 1.165) is 32.4 Å². The highest BCUT2D eigenvalue weighted by atomic mass is 35.5. The number of benzene rings is 1. The summed E-state index contributed by atoms with van der Waals surface area (Å²) in [5, 5.41) is 3.36. The van der Waals surface area contributed by atoms with Crippen molar-refractivity contribution in [2.75, 3.05) is 19.6 Å². The monoisotopic (exact) mass is 346 g/mol. The first kappa shape index (κ1) is 19.4. The molecule has 0 bridgehead atoms. The smallest absolute Gasteiger partial charge is 0.240 e. The summed E-state index contributed by atoms with van der Waals surface area (Å²) < 4.78 is 27.2. The van der Waals surface area contributed by atoms with Crippen molar-refractivity contribution in [2.24, 2.45) is 5.92 Å². The van der Waals surface area contributed by atoms with Crippen molar-refractivity contribution in [1.29, 1.82) is 0 Å². The van der Waals surface area contributed by atoms with Gasteiger partial charge in [-0.3, -0.25) is 0 Å². The molecule has 1 heterocycles. The van der Waals surface area contributed by atoms with Gasteiger partial charge < -0.3 is 5.32 Å². The minimum Gasteiger partial charge on any atom is -0.316 e. The van der Waals surface area contributed by atoms with Crippen LogP contribution in [-0.2, 0) is 16.4 Å². The van der Waals surface area contributed by atoms with Gasteiger partial charge in [0, 0.05) is 6.54 Å². The first-order valence-electron chi connectivity index (χ1n) is 7.91. The minimum absolute atomic E-state index is 0. The van der Waals surface area contributed by atoms with Gasteiger partial charge in [-0.15, -0.1) is 12.4 Å². The van der Waals surface area contributed by atoms with Crippen LogP contribution < -0.4 is 10.0 Å². The molecule has 1 atom stereocenters. The fourth-order valence-electron chi connectivity index (χ4n) is 2.78. The normalized spacial score (nSPS) is 18.7. The number of rotatable bonds is 7. The van der Waals surface area contributed by atoms with Crippen LogP contribution in [0.2, 0.25) is 0 Å². The van der Waals surface area contributed by atoms with Gasteiger partial charge in [0.2, 0.25) is 10.0 Å². The van der Waals surface area contributed by atoms with E-state index in [1.54, 1.807) is 12.1 Å². The molecule has 6 heteroatoms. The van der Waals surface area contributed by atoms with Gasteiger partial charge in [-0.25, -0.2) is 13.1 Å². The molecule has 1 saturated heterocycles. The minimum atomic E-state index is -3.36. The summed E-state index contributed by atoms with van der Waals surface area (Å²) >= 11 is 0. The van der Waals surface area contributed by atoms with Crippen LogP contribution in [0.25, 0.3) is 0 Å². The second-order valence-corrected chi connectivity index (χ2v) is 7.56. The molecule has 0 aromatic heterocycles. The van der Waals surface area contributed by atoms with Crippen LogP contribution in [0.15, 0.2) is 29.2 Å². The number of hydrogen-bond donors (Lipinski definition) is 2. The Morgan fingerprint density at radius 3 is 2.59 bits per heavy atom. The molecule has 2 rings (SSSR count). The summed E-state index contributed by atoms with van der Waals surface area (Å²) in [6.45, 7) is 4.73. The Morgan fingerprint density at radius 2 is 2.00 bits per heavy atom. The summed E-state index contributed by atoms with van der Waals surface area (Å²) in [4.78, 5) is 0.365. The summed E-state index contributed by atoms with van der Waals surface area (Å²) in [5.41, 5.74) is 1.18. The molecule has 1 fully saturated rings. The lowest BCUT2D eigenvalue weighted by molar-refractivity contribution is 0.358. The molecule has 0 radical (unpaired) electrons. The second kappa shape index (κ2) is 9.50. The van der Waals surface area contributed by atoms with Crippen LogP contribution in [0.3, 0.4) is 0 Å². The molecule has 1 aromatic carbocycles. The molecule has 0 spiro atoms. The highest BCUT2D eigenvalue weighted by Crippen LogP contribution is 2.15. The standard InChI is InChI=1S/C16H26N2O2S.ClH/c1-2-4-14-6-8-16(9-7-14)21(19,20)18-12-10-15-5-3-11-17-13-15;/h6-9,15,17-18H,2-5,10-13H2,1H3;1H. The van der Waals surface area contributed by atoms with Gasteiger partial charge in [-0.2, -0.15) is 0 Å². The summed E-state index contributed by atoms with van der Waals surface area (Å²) in [7, 11) is -3.36. The van der Waals surface area contributed by atoms with E-state index in [-0.39, 0.29) is 12.4 Å². The number of piperidine rings is 1. The van der Waals surface area contributed by atoms with E-state index in [9.17, 15) is 8.42 Å². The lowest BCUT2D eigenvalue weighted by atomic mass is 9.96. The maximum absolute atomic E-state index is 12.2. The molecule has 2 N–H and O–H groups in total. The maximum atomic E-state index is 12.2. The molecule has 1 aliphatic heterocycles. The van der Waals surface area contributed by atoms with Crippen molar-refractivity contribution in [3.8, 4) is 0 Å². The molecule has 0 amide bonds. The fourth-order valence-corrected chi connectivity index (χ4v) is 3.82. The zero-order valence-electron chi connectivity index (χ0n) is 13.2. The average molecular weight is 347 g/mol. The van der Waals surface area contributed by atoms with Crippen LogP contribution in [0.1, 0.15) is 38.2 Å². The van der Waals surface area contributed by atoms with Gasteiger partial charge >= 0.3 is 0 Å². The third-order valence-corrected chi connectivity index (χ3v) is 5.49. The third-order valence-electron chi connectivity index (χ3n) is 4.02. The highest BCUT2D eigenvalue weighted by molar-refractivity contribution is 7.89. The van der Waals surface area contributed by atoms with Gasteiger partial charge in [0.15, 0.2) is 0 Å². The largest absolute Gasteiger partial charge is 0.316 e. The van der Waals surface area contributed by atoms with E-state index in [4.69, 9.17) is 0 Å². The molecular formula is C16H27ClN2O2S. The number of hydrogen-bond acceptors (Lipinski definition) is 3. The molecule has 1 aliphatic rings. The first-order valence-corrected chi connectivity index (χ1v) is 9.39. The molecule has 22 heavy (non-hydrogen) atoms. The van der Waals surface area contributed by atoms with Crippen LogP contribution >= 0.6 is 12.4 Å². The van der Waals surface area contributed by atoms with Gasteiger partial charge in [0.1, 0.15) is 0 Å². The SMILES string of the molecule is CCCc1ccc(S(=O)(=O)NCCC2CCCNC2)cc1.Cl. The molecular weight excluding hydrogens is 320 g/mol. The molecule has 126 valence electrons. The Balaban J connectivity index is 0.00000242.